The largest absolute Gasteiger partial charge is 0.639 e. The Labute approximate surface area is 408 Å². The van der Waals surface area contributed by atoms with E-state index >= 15 is 0 Å². The third kappa shape index (κ3) is 31.6. The molecule has 64 heavy (non-hydrogen) atoms. The molecular weight excluding hydrogens is 840 g/mol. The quantitative estimate of drug-likeness (QED) is 0.0318. The van der Waals surface area contributed by atoms with Crippen molar-refractivity contribution in [2.75, 3.05) is 19.8 Å². The normalized spacial score (nSPS) is 13.0. The minimum atomic E-state index is -0.602. The van der Waals surface area contributed by atoms with Gasteiger partial charge in [0, 0.05) is 50.3 Å². The number of hydrogen-bond donors (Lipinski definition) is 0. The van der Waals surface area contributed by atoms with Crippen LogP contribution in [0.25, 0.3) is 0 Å². The monoisotopic (exact) mass is 933 g/mol. The van der Waals surface area contributed by atoms with E-state index in [1.54, 1.807) is 0 Å². The minimum Gasteiger partial charge on any atom is -0.386 e. The first-order valence-electron chi connectivity index (χ1n) is 26.7. The summed E-state index contributed by atoms with van der Waals surface area (Å²) in [6, 6.07) is 33.0. The van der Waals surface area contributed by atoms with E-state index in [-0.39, 0.29) is 0 Å². The summed E-state index contributed by atoms with van der Waals surface area (Å²) < 4.78 is 19.5. The topological polar surface area (TPSA) is 27.7 Å². The van der Waals surface area contributed by atoms with Crippen LogP contribution in [0, 0.1) is 0 Å². The molecule has 0 spiro atoms. The SMILES string of the molecule is CCCCCCCCCC(CCCOB(OCCCC(CCCCCCCCC)Sc1ccccc1)OCCCC(CCCCCCCCC)Sc1ccccc1)Sc1ccccc1. The second-order valence-electron chi connectivity index (χ2n) is 18.2. The van der Waals surface area contributed by atoms with Gasteiger partial charge in [0.1, 0.15) is 0 Å². The summed E-state index contributed by atoms with van der Waals surface area (Å²) >= 11 is 6.18. The number of thioether (sulfide) groups is 3. The zero-order valence-corrected chi connectivity index (χ0v) is 43.7. The van der Waals surface area contributed by atoms with Crippen LogP contribution < -0.4 is 0 Å². The van der Waals surface area contributed by atoms with E-state index in [9.17, 15) is 0 Å². The highest BCUT2D eigenvalue weighted by Crippen LogP contribution is 2.33. The van der Waals surface area contributed by atoms with Crippen LogP contribution in [0.4, 0.5) is 0 Å². The van der Waals surface area contributed by atoms with Gasteiger partial charge in [-0.25, -0.2) is 0 Å². The molecule has 0 heterocycles. The second kappa shape index (κ2) is 41.8. The lowest BCUT2D eigenvalue weighted by atomic mass is 10.1. The Morgan fingerprint density at radius 1 is 0.312 bits per heavy atom. The van der Waals surface area contributed by atoms with Crippen molar-refractivity contribution < 1.29 is 14.0 Å². The fourth-order valence-corrected chi connectivity index (χ4v) is 12.3. The molecule has 0 saturated carbocycles. The Kier molecular flexibility index (Phi) is 37.2. The molecule has 0 aliphatic carbocycles. The number of benzene rings is 3. The number of hydrogen-bond acceptors (Lipinski definition) is 6. The van der Waals surface area contributed by atoms with Gasteiger partial charge in [0.05, 0.1) is 0 Å². The molecule has 3 atom stereocenters. The van der Waals surface area contributed by atoms with Crippen LogP contribution in [0.3, 0.4) is 0 Å². The lowest BCUT2D eigenvalue weighted by molar-refractivity contribution is 0.0888. The molecule has 3 aromatic rings. The predicted molar refractivity (Wildman–Crippen MR) is 287 cm³/mol. The van der Waals surface area contributed by atoms with Crippen molar-refractivity contribution in [3.63, 3.8) is 0 Å². The fraction of sp³-hybridized carbons (Fsp3) is 0.684. The van der Waals surface area contributed by atoms with Gasteiger partial charge < -0.3 is 14.0 Å². The fourth-order valence-electron chi connectivity index (χ4n) is 8.46. The van der Waals surface area contributed by atoms with Crippen molar-refractivity contribution in [1.29, 1.82) is 0 Å². The molecule has 0 aliphatic rings. The molecule has 3 unspecified atom stereocenters. The van der Waals surface area contributed by atoms with E-state index in [0.29, 0.717) is 35.6 Å². The summed E-state index contributed by atoms with van der Waals surface area (Å²) in [6.07, 6.45) is 38.8. The van der Waals surface area contributed by atoms with Crippen LogP contribution in [0.15, 0.2) is 106 Å². The first-order chi connectivity index (χ1) is 31.7. The van der Waals surface area contributed by atoms with Crippen LogP contribution in [-0.4, -0.2) is 42.9 Å². The number of rotatable bonds is 45. The molecule has 3 aromatic carbocycles. The second-order valence-corrected chi connectivity index (χ2v) is 22.3. The first-order valence-corrected chi connectivity index (χ1v) is 29.3. The maximum atomic E-state index is 6.50. The average Bonchev–Trinajstić information content (AvgIpc) is 3.32. The molecule has 0 amide bonds. The van der Waals surface area contributed by atoms with Gasteiger partial charge in [-0.05, 0) is 94.2 Å². The maximum Gasteiger partial charge on any atom is 0.639 e. The summed E-state index contributed by atoms with van der Waals surface area (Å²) in [4.78, 5) is 4.15. The van der Waals surface area contributed by atoms with E-state index in [2.05, 4.69) is 147 Å². The lowest BCUT2D eigenvalue weighted by Crippen LogP contribution is -2.29. The molecule has 0 aliphatic heterocycles. The molecule has 0 fully saturated rings. The highest BCUT2D eigenvalue weighted by molar-refractivity contribution is 8.00. The summed E-state index contributed by atoms with van der Waals surface area (Å²) in [5.74, 6) is 0. The highest BCUT2D eigenvalue weighted by Gasteiger charge is 2.23. The van der Waals surface area contributed by atoms with E-state index < -0.39 is 7.32 Å². The van der Waals surface area contributed by atoms with Crippen LogP contribution in [0.1, 0.15) is 213 Å². The van der Waals surface area contributed by atoms with Gasteiger partial charge in [-0.15, -0.1) is 35.3 Å². The van der Waals surface area contributed by atoms with Crippen molar-refractivity contribution in [3.05, 3.63) is 91.0 Å². The third-order valence-electron chi connectivity index (χ3n) is 12.3. The summed E-state index contributed by atoms with van der Waals surface area (Å²) in [6.45, 7) is 8.92. The van der Waals surface area contributed by atoms with Crippen molar-refractivity contribution >= 4 is 42.6 Å². The van der Waals surface area contributed by atoms with Gasteiger partial charge >= 0.3 is 7.32 Å². The molecule has 0 aromatic heterocycles. The third-order valence-corrected chi connectivity index (χ3v) is 16.3. The van der Waals surface area contributed by atoms with Gasteiger partial charge in [0.2, 0.25) is 0 Å². The average molecular weight is 933 g/mol. The molecule has 3 nitrogen and oxygen atoms in total. The predicted octanol–water partition coefficient (Wildman–Crippen LogP) is 19.3. The van der Waals surface area contributed by atoms with Gasteiger partial charge in [0.25, 0.3) is 0 Å². The molecule has 0 radical (unpaired) electrons. The van der Waals surface area contributed by atoms with Gasteiger partial charge in [0.15, 0.2) is 0 Å². The molecule has 7 heteroatoms. The van der Waals surface area contributed by atoms with E-state index in [0.717, 1.165) is 38.5 Å². The molecule has 3 rings (SSSR count). The summed E-state index contributed by atoms with van der Waals surface area (Å²) in [7, 11) is -0.602. The van der Waals surface area contributed by atoms with Crippen LogP contribution >= 0.6 is 35.3 Å². The van der Waals surface area contributed by atoms with E-state index in [1.165, 1.54) is 169 Å². The number of unbranched alkanes of at least 4 members (excludes halogenated alkanes) is 18. The smallest absolute Gasteiger partial charge is 0.386 e. The Balaban J connectivity index is 1.55. The van der Waals surface area contributed by atoms with Crippen LogP contribution in [0.5, 0.6) is 0 Å². The van der Waals surface area contributed by atoms with Gasteiger partial charge in [-0.3, -0.25) is 0 Å². The van der Waals surface area contributed by atoms with Crippen molar-refractivity contribution in [1.82, 2.24) is 0 Å². The van der Waals surface area contributed by atoms with E-state index in [1.807, 2.05) is 0 Å². The van der Waals surface area contributed by atoms with Gasteiger partial charge in [-0.1, -0.05) is 210 Å². The summed E-state index contributed by atoms with van der Waals surface area (Å²) in [5, 5.41) is 1.81. The van der Waals surface area contributed by atoms with Crippen molar-refractivity contribution in [2.24, 2.45) is 0 Å². The van der Waals surface area contributed by atoms with Crippen LogP contribution in [0.2, 0.25) is 0 Å². The molecular formula is C57H93BO3S3. The molecule has 0 saturated heterocycles. The molecule has 0 bridgehead atoms. The Morgan fingerprint density at radius 2 is 0.547 bits per heavy atom. The highest BCUT2D eigenvalue weighted by atomic mass is 32.2. The van der Waals surface area contributed by atoms with E-state index in [4.69, 9.17) is 14.0 Å². The molecule has 0 N–H and O–H groups in total. The zero-order chi connectivity index (χ0) is 45.2. The molecule has 360 valence electrons. The van der Waals surface area contributed by atoms with Crippen molar-refractivity contribution in [2.45, 2.75) is 244 Å². The Bertz CT molecular complexity index is 1230. The maximum absolute atomic E-state index is 6.50. The minimum absolute atomic E-state index is 0.602. The zero-order valence-electron chi connectivity index (χ0n) is 41.3. The first kappa shape index (κ1) is 57.0. The van der Waals surface area contributed by atoms with Crippen molar-refractivity contribution in [3.8, 4) is 0 Å². The Morgan fingerprint density at radius 3 is 0.812 bits per heavy atom. The van der Waals surface area contributed by atoms with Crippen LogP contribution in [-0.2, 0) is 14.0 Å². The lowest BCUT2D eigenvalue weighted by Gasteiger charge is -2.20. The standard InChI is InChI=1S/C57H93BO3S3/c1-4-7-10-13-16-19-25-37-55(62-52-40-28-22-29-41-52)46-34-49-59-58(60-50-35-47-56(63-53-42-30-23-31-43-53)38-26-20-17-14-11-8-5-2)61-51-36-48-57(64-54-44-32-24-33-45-54)39-27-21-18-15-12-9-6-3/h22-24,28-33,40-45,55-57H,4-21,25-27,34-39,46-51H2,1-3H3. The Hall–Kier alpha value is -1.35. The van der Waals surface area contributed by atoms with Gasteiger partial charge in [-0.2, -0.15) is 0 Å². The summed E-state index contributed by atoms with van der Waals surface area (Å²) in [5.41, 5.74) is 0.